The molecule has 1 N–H and O–H groups in total. The second kappa shape index (κ2) is 10.4. The molecular weight excluding hydrogens is 422 g/mol. The molecule has 7 nitrogen and oxygen atoms in total. The second-order valence-electron chi connectivity index (χ2n) is 7.84. The number of thiophene rings is 1. The van der Waals surface area contributed by atoms with Crippen LogP contribution in [0.2, 0.25) is 0 Å². The van der Waals surface area contributed by atoms with Crippen LogP contribution in [0.4, 0.5) is 5.95 Å². The van der Waals surface area contributed by atoms with Crippen LogP contribution in [0.5, 0.6) is 0 Å². The van der Waals surface area contributed by atoms with Crippen molar-refractivity contribution in [2.45, 2.75) is 25.3 Å². The Morgan fingerprint density at radius 1 is 1.12 bits per heavy atom. The van der Waals surface area contributed by atoms with Gasteiger partial charge in [-0.15, -0.1) is 11.3 Å². The fourth-order valence-electron chi connectivity index (χ4n) is 3.85. The van der Waals surface area contributed by atoms with Crippen LogP contribution in [0, 0.1) is 0 Å². The Hall–Kier alpha value is -3.26. The van der Waals surface area contributed by atoms with E-state index in [4.69, 9.17) is 0 Å². The molecule has 3 aromatic rings. The number of aromatic nitrogens is 2. The van der Waals surface area contributed by atoms with Gasteiger partial charge in [-0.25, -0.2) is 9.97 Å². The summed E-state index contributed by atoms with van der Waals surface area (Å²) in [6.07, 6.45) is 4.90. The molecule has 1 aliphatic rings. The summed E-state index contributed by atoms with van der Waals surface area (Å²) in [6, 6.07) is 13.7. The summed E-state index contributed by atoms with van der Waals surface area (Å²) in [5, 5.41) is 5.18. The average molecular weight is 450 g/mol. The number of carbonyl (C=O) groups is 2. The third-order valence-corrected chi connectivity index (χ3v) is 6.56. The van der Waals surface area contributed by atoms with Crippen molar-refractivity contribution in [3.63, 3.8) is 0 Å². The monoisotopic (exact) mass is 449 g/mol. The molecule has 1 saturated heterocycles. The fourth-order valence-corrected chi connectivity index (χ4v) is 4.59. The van der Waals surface area contributed by atoms with E-state index in [0.717, 1.165) is 5.56 Å². The number of rotatable bonds is 8. The van der Waals surface area contributed by atoms with E-state index in [0.29, 0.717) is 44.8 Å². The number of piperazine rings is 1. The molecule has 0 spiro atoms. The highest BCUT2D eigenvalue weighted by Gasteiger charge is 2.35. The molecular formula is C24H27N5O2S. The van der Waals surface area contributed by atoms with E-state index in [-0.39, 0.29) is 11.8 Å². The summed E-state index contributed by atoms with van der Waals surface area (Å²) in [5.41, 5.74) is 2.22. The number of hydrogen-bond acceptors (Lipinski definition) is 6. The van der Waals surface area contributed by atoms with Crippen LogP contribution in [0.3, 0.4) is 0 Å². The minimum atomic E-state index is -0.459. The van der Waals surface area contributed by atoms with E-state index >= 15 is 0 Å². The average Bonchev–Trinajstić information content (AvgIpc) is 3.36. The quantitative estimate of drug-likeness (QED) is 0.534. The van der Waals surface area contributed by atoms with Gasteiger partial charge in [-0.3, -0.25) is 9.59 Å². The number of nitrogens with one attached hydrogen (secondary N) is 1. The number of benzene rings is 1. The Kier molecular flexibility index (Phi) is 7.11. The maximum absolute atomic E-state index is 13.0. The molecule has 2 aromatic heterocycles. The van der Waals surface area contributed by atoms with E-state index in [1.54, 1.807) is 46.6 Å². The lowest BCUT2D eigenvalue weighted by Gasteiger charge is -2.39. The number of hydrogen-bond donors (Lipinski definition) is 1. The zero-order valence-electron chi connectivity index (χ0n) is 18.1. The Balaban J connectivity index is 1.37. The van der Waals surface area contributed by atoms with Crippen LogP contribution >= 0.6 is 11.3 Å². The minimum absolute atomic E-state index is 0.00254. The maximum atomic E-state index is 13.0. The van der Waals surface area contributed by atoms with Crippen molar-refractivity contribution < 1.29 is 9.59 Å². The van der Waals surface area contributed by atoms with Crippen LogP contribution in [-0.2, 0) is 16.0 Å². The van der Waals surface area contributed by atoms with Crippen molar-refractivity contribution in [1.29, 1.82) is 0 Å². The van der Waals surface area contributed by atoms with Gasteiger partial charge in [0, 0.05) is 56.8 Å². The van der Waals surface area contributed by atoms with Gasteiger partial charge in [0.25, 0.3) is 0 Å². The molecule has 0 radical (unpaired) electrons. The van der Waals surface area contributed by atoms with Crippen molar-refractivity contribution in [1.82, 2.24) is 19.8 Å². The van der Waals surface area contributed by atoms with Gasteiger partial charge in [-0.05, 0) is 35.1 Å². The van der Waals surface area contributed by atoms with Crippen molar-refractivity contribution in [3.05, 3.63) is 65.8 Å². The van der Waals surface area contributed by atoms with Gasteiger partial charge in [0.2, 0.25) is 17.8 Å². The number of amides is 2. The second-order valence-corrected chi connectivity index (χ2v) is 8.79. The third-order valence-electron chi connectivity index (χ3n) is 5.64. The van der Waals surface area contributed by atoms with Crippen molar-refractivity contribution in [2.24, 2.45) is 0 Å². The first kappa shape index (κ1) is 22.0. The van der Waals surface area contributed by atoms with Crippen molar-refractivity contribution >= 4 is 29.1 Å². The normalized spacial score (nSPS) is 16.3. The molecule has 1 aliphatic heterocycles. The molecule has 32 heavy (non-hydrogen) atoms. The maximum Gasteiger partial charge on any atom is 0.245 e. The molecule has 3 heterocycles. The highest BCUT2D eigenvalue weighted by molar-refractivity contribution is 7.13. The van der Waals surface area contributed by atoms with E-state index in [2.05, 4.69) is 51.0 Å². The van der Waals surface area contributed by atoms with E-state index in [1.165, 1.54) is 10.4 Å². The molecule has 2 amide bonds. The number of likely N-dealkylation sites (N-methyl/N-ethyl adjacent to an activating group) is 1. The van der Waals surface area contributed by atoms with Crippen LogP contribution in [0.15, 0.2) is 60.2 Å². The van der Waals surface area contributed by atoms with Gasteiger partial charge in [-0.2, -0.15) is 0 Å². The van der Waals surface area contributed by atoms with Gasteiger partial charge in [-0.1, -0.05) is 30.3 Å². The summed E-state index contributed by atoms with van der Waals surface area (Å²) in [6.45, 7) is 1.73. The van der Waals surface area contributed by atoms with Crippen LogP contribution in [0.1, 0.15) is 18.4 Å². The lowest BCUT2D eigenvalue weighted by molar-refractivity contribution is -0.150. The molecule has 0 saturated carbocycles. The summed E-state index contributed by atoms with van der Waals surface area (Å²) >= 11 is 1.70. The molecule has 1 aromatic carbocycles. The predicted molar refractivity (Wildman–Crippen MR) is 126 cm³/mol. The lowest BCUT2D eigenvalue weighted by Crippen LogP contribution is -2.58. The standard InChI is InChI=1S/C24H27N5O2S/c1-28-14-15-29(22(30)6-2-11-25-24-26-12-4-13-27-24)20(23(28)31)17-18-7-9-19(10-8-18)21-5-3-16-32-21/h3-5,7-10,12-13,16,20H,2,6,11,14-15,17H2,1H3,(H,25,26,27)/t20-/m1/s1. The first-order valence-corrected chi connectivity index (χ1v) is 11.7. The number of nitrogens with zero attached hydrogens (tertiary/aromatic N) is 4. The van der Waals surface area contributed by atoms with Gasteiger partial charge in [0.15, 0.2) is 0 Å². The molecule has 166 valence electrons. The number of carbonyl (C=O) groups excluding carboxylic acids is 2. The molecule has 8 heteroatoms. The highest BCUT2D eigenvalue weighted by atomic mass is 32.1. The van der Waals surface area contributed by atoms with Gasteiger partial charge in [0.1, 0.15) is 6.04 Å². The van der Waals surface area contributed by atoms with Gasteiger partial charge in [0.05, 0.1) is 0 Å². The smallest absolute Gasteiger partial charge is 0.245 e. The summed E-state index contributed by atoms with van der Waals surface area (Å²) in [4.78, 5) is 38.8. The third kappa shape index (κ3) is 5.31. The molecule has 1 fully saturated rings. The van der Waals surface area contributed by atoms with Crippen LogP contribution in [0.25, 0.3) is 10.4 Å². The first-order chi connectivity index (χ1) is 15.6. The minimum Gasteiger partial charge on any atom is -0.354 e. The van der Waals surface area contributed by atoms with E-state index in [1.807, 2.05) is 6.07 Å². The van der Waals surface area contributed by atoms with Gasteiger partial charge >= 0.3 is 0 Å². The molecule has 0 aliphatic carbocycles. The summed E-state index contributed by atoms with van der Waals surface area (Å²) in [5.74, 6) is 0.573. The van der Waals surface area contributed by atoms with Crippen LogP contribution < -0.4 is 5.32 Å². The zero-order valence-corrected chi connectivity index (χ0v) is 18.9. The summed E-state index contributed by atoms with van der Waals surface area (Å²) < 4.78 is 0. The van der Waals surface area contributed by atoms with Crippen molar-refractivity contribution in [3.8, 4) is 10.4 Å². The molecule has 1 atom stereocenters. The van der Waals surface area contributed by atoms with E-state index in [9.17, 15) is 9.59 Å². The fraction of sp³-hybridized carbons (Fsp3) is 0.333. The Labute approximate surface area is 192 Å². The topological polar surface area (TPSA) is 78.4 Å². The summed E-state index contributed by atoms with van der Waals surface area (Å²) in [7, 11) is 1.81. The first-order valence-electron chi connectivity index (χ1n) is 10.8. The zero-order chi connectivity index (χ0) is 22.3. The predicted octanol–water partition coefficient (Wildman–Crippen LogP) is 3.31. The Bertz CT molecular complexity index is 1020. The van der Waals surface area contributed by atoms with Crippen LogP contribution in [-0.4, -0.2) is 64.3 Å². The largest absolute Gasteiger partial charge is 0.354 e. The Morgan fingerprint density at radius 3 is 2.62 bits per heavy atom. The lowest BCUT2D eigenvalue weighted by atomic mass is 9.99. The SMILES string of the molecule is CN1CCN(C(=O)CCCNc2ncccn2)[C@H](Cc2ccc(-c3cccs3)cc2)C1=O. The van der Waals surface area contributed by atoms with E-state index < -0.39 is 6.04 Å². The molecule has 0 bridgehead atoms. The van der Waals surface area contributed by atoms with Gasteiger partial charge < -0.3 is 15.1 Å². The Morgan fingerprint density at radius 2 is 1.91 bits per heavy atom. The number of anilines is 1. The highest BCUT2D eigenvalue weighted by Crippen LogP contribution is 2.25. The molecule has 0 unspecified atom stereocenters. The van der Waals surface area contributed by atoms with Crippen molar-refractivity contribution in [2.75, 3.05) is 32.0 Å². The molecule has 4 rings (SSSR count).